The van der Waals surface area contributed by atoms with Crippen LogP contribution < -0.4 is 0 Å². The van der Waals surface area contributed by atoms with Crippen molar-refractivity contribution in [1.29, 1.82) is 5.26 Å². The molecule has 0 spiro atoms. The second-order valence-corrected chi connectivity index (χ2v) is 6.85. The van der Waals surface area contributed by atoms with E-state index in [4.69, 9.17) is 0 Å². The molecule has 1 aliphatic heterocycles. The summed E-state index contributed by atoms with van der Waals surface area (Å²) in [4.78, 5) is 2.29. The van der Waals surface area contributed by atoms with Gasteiger partial charge in [-0.3, -0.25) is 0 Å². The van der Waals surface area contributed by atoms with Crippen molar-refractivity contribution in [1.82, 2.24) is 4.90 Å². The Balaban J connectivity index is 1.89. The predicted molar refractivity (Wildman–Crippen MR) is 69.8 cm³/mol. The number of fused-ring (bicyclic) bond motifs is 2. The van der Waals surface area contributed by atoms with Crippen molar-refractivity contribution in [3.05, 3.63) is 0 Å². The fourth-order valence-electron chi connectivity index (χ4n) is 4.84. The first-order valence-corrected chi connectivity index (χ1v) is 7.42. The first kappa shape index (κ1) is 12.4. The van der Waals surface area contributed by atoms with Crippen molar-refractivity contribution in [2.75, 3.05) is 20.1 Å². The SMILES string of the molecule is CN1CCCC(O)(C2(C#N)CC3CCC2C3)CC1. The van der Waals surface area contributed by atoms with E-state index in [1.165, 1.54) is 12.8 Å². The molecule has 0 aromatic heterocycles. The topological polar surface area (TPSA) is 47.3 Å². The summed E-state index contributed by atoms with van der Waals surface area (Å²) >= 11 is 0. The highest BCUT2D eigenvalue weighted by molar-refractivity contribution is 5.20. The van der Waals surface area contributed by atoms with Gasteiger partial charge in [-0.15, -0.1) is 0 Å². The average Bonchev–Trinajstić information content (AvgIpc) is 2.92. The Kier molecular flexibility index (Phi) is 2.91. The van der Waals surface area contributed by atoms with E-state index in [1.807, 2.05) is 0 Å². The molecule has 18 heavy (non-hydrogen) atoms. The maximum atomic E-state index is 11.2. The van der Waals surface area contributed by atoms with E-state index in [0.717, 1.165) is 45.2 Å². The summed E-state index contributed by atoms with van der Waals surface area (Å²) < 4.78 is 0. The lowest BCUT2D eigenvalue weighted by molar-refractivity contribution is -0.0912. The van der Waals surface area contributed by atoms with E-state index in [9.17, 15) is 10.4 Å². The number of likely N-dealkylation sites (tertiary alicyclic amines) is 1. The molecule has 4 unspecified atom stereocenters. The van der Waals surface area contributed by atoms with Gasteiger partial charge in [-0.05, 0) is 64.0 Å². The molecule has 3 aliphatic rings. The third-order valence-electron chi connectivity index (χ3n) is 5.92. The van der Waals surface area contributed by atoms with E-state index in [-0.39, 0.29) is 0 Å². The highest BCUT2D eigenvalue weighted by atomic mass is 16.3. The molecule has 3 fully saturated rings. The van der Waals surface area contributed by atoms with E-state index in [2.05, 4.69) is 18.0 Å². The molecule has 3 heteroatoms. The summed E-state index contributed by atoms with van der Waals surface area (Å²) in [5.74, 6) is 1.17. The lowest BCUT2D eigenvalue weighted by Gasteiger charge is -2.45. The molecule has 100 valence electrons. The molecule has 0 amide bonds. The zero-order valence-corrected chi connectivity index (χ0v) is 11.4. The average molecular weight is 248 g/mol. The number of aliphatic hydroxyl groups is 1. The van der Waals surface area contributed by atoms with Crippen LogP contribution in [0.5, 0.6) is 0 Å². The molecule has 4 atom stereocenters. The van der Waals surface area contributed by atoms with Crippen LogP contribution in [0.25, 0.3) is 0 Å². The van der Waals surface area contributed by atoms with Crippen LogP contribution >= 0.6 is 0 Å². The minimum absolute atomic E-state index is 0.429. The van der Waals surface area contributed by atoms with Gasteiger partial charge in [-0.25, -0.2) is 0 Å². The van der Waals surface area contributed by atoms with Gasteiger partial charge in [0.15, 0.2) is 0 Å². The monoisotopic (exact) mass is 248 g/mol. The Bertz CT molecular complexity index is 377. The Hall–Kier alpha value is -0.590. The first-order chi connectivity index (χ1) is 8.60. The Morgan fingerprint density at radius 2 is 2.11 bits per heavy atom. The summed E-state index contributed by atoms with van der Waals surface area (Å²) in [5.41, 5.74) is -1.16. The zero-order chi connectivity index (χ0) is 12.8. The van der Waals surface area contributed by atoms with Crippen LogP contribution in [0.4, 0.5) is 0 Å². The summed E-state index contributed by atoms with van der Waals surface area (Å²) in [6, 6.07) is 2.59. The smallest absolute Gasteiger partial charge is 0.0891 e. The quantitative estimate of drug-likeness (QED) is 0.773. The lowest BCUT2D eigenvalue weighted by atomic mass is 9.60. The standard InChI is InChI=1S/C15H24N2O/c1-17-7-2-5-15(18,6-8-17)14(11-16)10-12-3-4-13(14)9-12/h12-13,18H,2-10H2,1H3. The number of nitrogens with zero attached hydrogens (tertiary/aromatic N) is 2. The fraction of sp³-hybridized carbons (Fsp3) is 0.933. The molecule has 2 aliphatic carbocycles. The summed E-state index contributed by atoms with van der Waals surface area (Å²) in [6.45, 7) is 1.98. The van der Waals surface area contributed by atoms with Crippen LogP contribution in [0.2, 0.25) is 0 Å². The highest BCUT2D eigenvalue weighted by Gasteiger charge is 2.61. The Labute approximate surface area is 110 Å². The summed E-state index contributed by atoms with van der Waals surface area (Å²) in [6.07, 6.45) is 7.20. The van der Waals surface area contributed by atoms with Gasteiger partial charge < -0.3 is 10.0 Å². The Morgan fingerprint density at radius 1 is 1.28 bits per heavy atom. The van der Waals surface area contributed by atoms with Crippen molar-refractivity contribution >= 4 is 0 Å². The molecule has 3 rings (SSSR count). The van der Waals surface area contributed by atoms with Crippen LogP contribution in [0, 0.1) is 28.6 Å². The first-order valence-electron chi connectivity index (χ1n) is 7.42. The fourth-order valence-corrected chi connectivity index (χ4v) is 4.84. The predicted octanol–water partition coefficient (Wildman–Crippen LogP) is 2.16. The van der Waals surface area contributed by atoms with Crippen LogP contribution in [0.3, 0.4) is 0 Å². The molecule has 2 bridgehead atoms. The molecule has 0 radical (unpaired) electrons. The van der Waals surface area contributed by atoms with Gasteiger partial charge in [0.05, 0.1) is 17.1 Å². The van der Waals surface area contributed by atoms with Gasteiger partial charge >= 0.3 is 0 Å². The van der Waals surface area contributed by atoms with Crippen LogP contribution in [0.1, 0.15) is 44.9 Å². The molecule has 1 heterocycles. The van der Waals surface area contributed by atoms with E-state index < -0.39 is 11.0 Å². The normalized spacial score (nSPS) is 48.9. The highest BCUT2D eigenvalue weighted by Crippen LogP contribution is 2.62. The Morgan fingerprint density at radius 3 is 2.72 bits per heavy atom. The maximum absolute atomic E-state index is 11.2. The molecule has 0 aromatic carbocycles. The third kappa shape index (κ3) is 1.62. The van der Waals surface area contributed by atoms with Gasteiger partial charge in [-0.2, -0.15) is 5.26 Å². The van der Waals surface area contributed by atoms with Crippen molar-refractivity contribution in [3.8, 4) is 6.07 Å². The number of rotatable bonds is 1. The van der Waals surface area contributed by atoms with Gasteiger partial charge in [0.25, 0.3) is 0 Å². The number of hydrogen-bond acceptors (Lipinski definition) is 3. The largest absolute Gasteiger partial charge is 0.388 e. The minimum atomic E-state index is -0.730. The van der Waals surface area contributed by atoms with Gasteiger partial charge in [0.2, 0.25) is 0 Å². The van der Waals surface area contributed by atoms with E-state index in [0.29, 0.717) is 11.8 Å². The molecule has 1 saturated heterocycles. The number of hydrogen-bond donors (Lipinski definition) is 1. The zero-order valence-electron chi connectivity index (χ0n) is 11.4. The van der Waals surface area contributed by atoms with Crippen LogP contribution in [-0.2, 0) is 0 Å². The van der Waals surface area contributed by atoms with E-state index >= 15 is 0 Å². The molecular weight excluding hydrogens is 224 g/mol. The van der Waals surface area contributed by atoms with Gasteiger partial charge in [0.1, 0.15) is 0 Å². The summed E-state index contributed by atoms with van der Waals surface area (Å²) in [5, 5.41) is 21.0. The maximum Gasteiger partial charge on any atom is 0.0891 e. The van der Waals surface area contributed by atoms with Crippen molar-refractivity contribution in [3.63, 3.8) is 0 Å². The van der Waals surface area contributed by atoms with Gasteiger partial charge in [-0.1, -0.05) is 6.42 Å². The minimum Gasteiger partial charge on any atom is -0.388 e. The van der Waals surface area contributed by atoms with Crippen LogP contribution in [-0.4, -0.2) is 35.7 Å². The lowest BCUT2D eigenvalue weighted by Crippen LogP contribution is -2.51. The van der Waals surface area contributed by atoms with Crippen molar-refractivity contribution in [2.24, 2.45) is 17.3 Å². The number of nitriles is 1. The van der Waals surface area contributed by atoms with Crippen molar-refractivity contribution < 1.29 is 5.11 Å². The molecule has 0 aromatic rings. The summed E-state index contributed by atoms with van der Waals surface area (Å²) in [7, 11) is 2.12. The molecule has 1 N–H and O–H groups in total. The second-order valence-electron chi connectivity index (χ2n) is 6.85. The van der Waals surface area contributed by atoms with Crippen molar-refractivity contribution in [2.45, 2.75) is 50.5 Å². The molecule has 3 nitrogen and oxygen atoms in total. The van der Waals surface area contributed by atoms with E-state index in [1.54, 1.807) is 0 Å². The van der Waals surface area contributed by atoms with Crippen LogP contribution in [0.15, 0.2) is 0 Å². The third-order valence-corrected chi connectivity index (χ3v) is 5.92. The second kappa shape index (κ2) is 4.21. The van der Waals surface area contributed by atoms with Gasteiger partial charge in [0, 0.05) is 6.54 Å². The molecular formula is C15H24N2O. The molecule has 2 saturated carbocycles.